The van der Waals surface area contributed by atoms with E-state index in [2.05, 4.69) is 10.6 Å². The van der Waals surface area contributed by atoms with E-state index in [-0.39, 0.29) is 17.6 Å². The van der Waals surface area contributed by atoms with E-state index in [4.69, 9.17) is 0 Å². The maximum absolute atomic E-state index is 11.8. The normalized spacial score (nSPS) is 18.4. The van der Waals surface area contributed by atoms with Crippen LogP contribution in [0, 0.1) is 10.1 Å². The van der Waals surface area contributed by atoms with Gasteiger partial charge < -0.3 is 15.5 Å². The van der Waals surface area contributed by atoms with Crippen molar-refractivity contribution < 1.29 is 9.72 Å². The van der Waals surface area contributed by atoms with Crippen molar-refractivity contribution in [3.63, 3.8) is 0 Å². The number of carbonyl (C=O) groups excluding carboxylic acids is 1. The molecule has 21 heavy (non-hydrogen) atoms. The minimum absolute atomic E-state index is 0.0205. The van der Waals surface area contributed by atoms with E-state index < -0.39 is 4.92 Å². The predicted octanol–water partition coefficient (Wildman–Crippen LogP) is 1.14. The number of nitro groups is 1. The summed E-state index contributed by atoms with van der Waals surface area (Å²) < 4.78 is 0. The van der Waals surface area contributed by atoms with Crippen LogP contribution in [0.1, 0.15) is 24.2 Å². The molecule has 2 N–H and O–H groups in total. The molecule has 0 radical (unpaired) electrons. The second kappa shape index (κ2) is 6.53. The molecule has 0 aromatic heterocycles. The Morgan fingerprint density at radius 3 is 2.95 bits per heavy atom. The van der Waals surface area contributed by atoms with Gasteiger partial charge in [0.1, 0.15) is 5.69 Å². The van der Waals surface area contributed by atoms with Gasteiger partial charge >= 0.3 is 0 Å². The van der Waals surface area contributed by atoms with Crippen molar-refractivity contribution in [1.29, 1.82) is 0 Å². The highest BCUT2D eigenvalue weighted by Gasteiger charge is 2.24. The van der Waals surface area contributed by atoms with Crippen LogP contribution in [0.5, 0.6) is 0 Å². The average molecular weight is 292 g/mol. The Hall–Kier alpha value is -2.15. The topological polar surface area (TPSA) is 87.5 Å². The summed E-state index contributed by atoms with van der Waals surface area (Å²) >= 11 is 0. The van der Waals surface area contributed by atoms with Crippen LogP contribution >= 0.6 is 0 Å². The van der Waals surface area contributed by atoms with Gasteiger partial charge in [-0.1, -0.05) is 0 Å². The monoisotopic (exact) mass is 292 g/mol. The minimum Gasteiger partial charge on any atom is -0.363 e. The Kier molecular flexibility index (Phi) is 4.74. The van der Waals surface area contributed by atoms with Gasteiger partial charge in [0.15, 0.2) is 0 Å². The first-order valence-electron chi connectivity index (χ1n) is 7.08. The molecule has 1 aromatic rings. The smallest absolute Gasteiger partial charge is 0.293 e. The summed E-state index contributed by atoms with van der Waals surface area (Å²) in [5.41, 5.74) is 0.865. The molecule has 1 amide bonds. The highest BCUT2D eigenvalue weighted by atomic mass is 16.6. The number of benzene rings is 1. The molecule has 114 valence electrons. The number of rotatable bonds is 4. The Morgan fingerprint density at radius 1 is 1.57 bits per heavy atom. The van der Waals surface area contributed by atoms with Gasteiger partial charge in [0.25, 0.3) is 11.6 Å². The van der Waals surface area contributed by atoms with E-state index in [1.165, 1.54) is 6.07 Å². The molecule has 1 aromatic carbocycles. The van der Waals surface area contributed by atoms with E-state index in [0.29, 0.717) is 30.9 Å². The molecular weight excluding hydrogens is 272 g/mol. The van der Waals surface area contributed by atoms with Gasteiger partial charge in [-0.2, -0.15) is 0 Å². The van der Waals surface area contributed by atoms with Crippen LogP contribution < -0.4 is 15.5 Å². The van der Waals surface area contributed by atoms with Gasteiger partial charge in [-0.25, -0.2) is 0 Å². The van der Waals surface area contributed by atoms with Crippen LogP contribution in [0.3, 0.4) is 0 Å². The van der Waals surface area contributed by atoms with Gasteiger partial charge in [0.2, 0.25) is 0 Å². The van der Waals surface area contributed by atoms with E-state index in [1.54, 1.807) is 12.1 Å². The molecule has 0 aliphatic carbocycles. The lowest BCUT2D eigenvalue weighted by Gasteiger charge is -2.33. The summed E-state index contributed by atoms with van der Waals surface area (Å²) in [7, 11) is 0. The molecule has 0 bridgehead atoms. The van der Waals surface area contributed by atoms with E-state index in [9.17, 15) is 14.9 Å². The Bertz CT molecular complexity index is 547. The van der Waals surface area contributed by atoms with Crippen LogP contribution in [0.2, 0.25) is 0 Å². The fraction of sp³-hybridized carbons (Fsp3) is 0.500. The maximum atomic E-state index is 11.8. The zero-order valence-corrected chi connectivity index (χ0v) is 12.3. The largest absolute Gasteiger partial charge is 0.363 e. The Morgan fingerprint density at radius 2 is 2.33 bits per heavy atom. The maximum Gasteiger partial charge on any atom is 0.293 e. The van der Waals surface area contributed by atoms with Crippen molar-refractivity contribution in [1.82, 2.24) is 10.6 Å². The number of nitrogens with zero attached hydrogens (tertiary/aromatic N) is 2. The van der Waals surface area contributed by atoms with Crippen molar-refractivity contribution in [2.75, 3.05) is 31.1 Å². The third kappa shape index (κ3) is 3.49. The summed E-state index contributed by atoms with van der Waals surface area (Å²) in [4.78, 5) is 24.7. The van der Waals surface area contributed by atoms with Crippen LogP contribution in [0.4, 0.5) is 11.4 Å². The van der Waals surface area contributed by atoms with E-state index in [0.717, 1.165) is 6.54 Å². The average Bonchev–Trinajstić information content (AvgIpc) is 2.46. The van der Waals surface area contributed by atoms with Gasteiger partial charge in [0.05, 0.1) is 4.92 Å². The third-order valence-corrected chi connectivity index (χ3v) is 3.48. The van der Waals surface area contributed by atoms with Crippen LogP contribution in [-0.4, -0.2) is 43.1 Å². The number of anilines is 1. The first-order chi connectivity index (χ1) is 10.0. The molecule has 1 atom stereocenters. The fourth-order valence-corrected chi connectivity index (χ4v) is 2.49. The van der Waals surface area contributed by atoms with Crippen molar-refractivity contribution in [3.05, 3.63) is 33.9 Å². The lowest BCUT2D eigenvalue weighted by molar-refractivity contribution is -0.384. The molecule has 1 aliphatic rings. The first kappa shape index (κ1) is 15.2. The Labute approximate surface area is 123 Å². The molecule has 2 rings (SSSR count). The standard InChI is InChI=1S/C14H20N4O3/c1-3-15-14(19)11-4-5-12(13(8-11)18(20)21)17-7-6-16-10(2)9-17/h4-5,8,10,16H,3,6-7,9H2,1-2H3,(H,15,19). The zero-order chi connectivity index (χ0) is 15.4. The van der Waals surface area contributed by atoms with E-state index >= 15 is 0 Å². The van der Waals surface area contributed by atoms with Crippen LogP contribution in [0.25, 0.3) is 0 Å². The number of amides is 1. The number of piperazine rings is 1. The van der Waals surface area contributed by atoms with Gasteiger partial charge in [-0.15, -0.1) is 0 Å². The lowest BCUT2D eigenvalue weighted by atomic mass is 10.1. The fourth-order valence-electron chi connectivity index (χ4n) is 2.49. The molecule has 1 unspecified atom stereocenters. The van der Waals surface area contributed by atoms with Crippen molar-refractivity contribution in [2.24, 2.45) is 0 Å². The molecule has 1 saturated heterocycles. The number of hydrogen-bond acceptors (Lipinski definition) is 5. The minimum atomic E-state index is -0.426. The molecule has 0 saturated carbocycles. The summed E-state index contributed by atoms with van der Waals surface area (Å²) in [6, 6.07) is 4.94. The molecular formula is C14H20N4O3. The van der Waals surface area contributed by atoms with Crippen molar-refractivity contribution in [2.45, 2.75) is 19.9 Å². The van der Waals surface area contributed by atoms with E-state index in [1.807, 2.05) is 18.7 Å². The zero-order valence-electron chi connectivity index (χ0n) is 12.3. The molecule has 0 spiro atoms. The van der Waals surface area contributed by atoms with Gasteiger partial charge in [-0.3, -0.25) is 14.9 Å². The number of carbonyl (C=O) groups is 1. The Balaban J connectivity index is 2.33. The first-order valence-corrected chi connectivity index (χ1v) is 7.08. The second-order valence-corrected chi connectivity index (χ2v) is 5.12. The highest BCUT2D eigenvalue weighted by Crippen LogP contribution is 2.30. The number of nitro benzene ring substituents is 1. The van der Waals surface area contributed by atoms with Crippen LogP contribution in [-0.2, 0) is 0 Å². The SMILES string of the molecule is CCNC(=O)c1ccc(N2CCNC(C)C2)c([N+](=O)[O-])c1. The van der Waals surface area contributed by atoms with Crippen molar-refractivity contribution >= 4 is 17.3 Å². The number of hydrogen-bond donors (Lipinski definition) is 2. The molecule has 1 heterocycles. The molecule has 1 fully saturated rings. The number of nitrogens with one attached hydrogen (secondary N) is 2. The quantitative estimate of drug-likeness (QED) is 0.642. The van der Waals surface area contributed by atoms with Crippen LogP contribution in [0.15, 0.2) is 18.2 Å². The van der Waals surface area contributed by atoms with Gasteiger partial charge in [0, 0.05) is 43.9 Å². The third-order valence-electron chi connectivity index (χ3n) is 3.48. The lowest BCUT2D eigenvalue weighted by Crippen LogP contribution is -2.49. The predicted molar refractivity (Wildman–Crippen MR) is 80.8 cm³/mol. The molecule has 7 heteroatoms. The molecule has 7 nitrogen and oxygen atoms in total. The second-order valence-electron chi connectivity index (χ2n) is 5.12. The summed E-state index contributed by atoms with van der Waals surface area (Å²) in [6.07, 6.45) is 0. The molecule has 1 aliphatic heterocycles. The van der Waals surface area contributed by atoms with Gasteiger partial charge in [-0.05, 0) is 26.0 Å². The summed E-state index contributed by atoms with van der Waals surface area (Å²) in [5.74, 6) is -0.291. The highest BCUT2D eigenvalue weighted by molar-refractivity contribution is 5.95. The summed E-state index contributed by atoms with van der Waals surface area (Å²) in [5, 5.41) is 17.3. The summed E-state index contributed by atoms with van der Waals surface area (Å²) in [6.45, 7) is 6.55. The van der Waals surface area contributed by atoms with Crippen molar-refractivity contribution in [3.8, 4) is 0 Å².